The van der Waals surface area contributed by atoms with Gasteiger partial charge in [0.25, 0.3) is 11.8 Å². The van der Waals surface area contributed by atoms with Gasteiger partial charge in [-0.05, 0) is 54.8 Å². The molecule has 0 aliphatic carbocycles. The fourth-order valence-electron chi connectivity index (χ4n) is 3.76. The summed E-state index contributed by atoms with van der Waals surface area (Å²) in [6.45, 7) is 3.92. The predicted octanol–water partition coefficient (Wildman–Crippen LogP) is 5.57. The van der Waals surface area contributed by atoms with Crippen molar-refractivity contribution in [3.05, 3.63) is 137 Å². The Morgan fingerprint density at radius 2 is 1.62 bits per heavy atom. The summed E-state index contributed by atoms with van der Waals surface area (Å²) in [6, 6.07) is 27.9. The van der Waals surface area contributed by atoms with E-state index in [1.165, 1.54) is 12.3 Å². The lowest BCUT2D eigenvalue weighted by Crippen LogP contribution is -2.37. The van der Waals surface area contributed by atoms with Crippen molar-refractivity contribution in [3.8, 4) is 0 Å². The molecule has 4 aromatic rings. The number of carbonyl (C=O) groups excluding carboxylic acids is 2. The van der Waals surface area contributed by atoms with Crippen molar-refractivity contribution in [2.45, 2.75) is 19.9 Å². The quantitative estimate of drug-likeness (QED) is 0.362. The molecule has 34 heavy (non-hydrogen) atoms. The van der Waals surface area contributed by atoms with Crippen LogP contribution in [0.5, 0.6) is 0 Å². The van der Waals surface area contributed by atoms with E-state index >= 15 is 0 Å². The molecule has 0 saturated heterocycles. The molecule has 0 aliphatic rings. The van der Waals surface area contributed by atoms with E-state index in [0.717, 1.165) is 22.3 Å². The Balaban J connectivity index is 1.67. The normalized spacial score (nSPS) is 12.1. The first kappa shape index (κ1) is 22.8. The SMILES string of the molecule is Cc1cccc(C(=O)N/C(=C\c2ccco2)C(=O)N[C@H](c2ccccc2)c2ccccc2C)c1. The number of furan rings is 1. The van der Waals surface area contributed by atoms with Crippen LogP contribution in [0.1, 0.15) is 44.4 Å². The zero-order valence-corrected chi connectivity index (χ0v) is 19.1. The Morgan fingerprint density at radius 3 is 2.32 bits per heavy atom. The highest BCUT2D eigenvalue weighted by Crippen LogP contribution is 2.25. The van der Waals surface area contributed by atoms with Gasteiger partial charge in [-0.2, -0.15) is 0 Å². The van der Waals surface area contributed by atoms with Gasteiger partial charge < -0.3 is 15.1 Å². The fraction of sp³-hybridized carbons (Fsp3) is 0.103. The van der Waals surface area contributed by atoms with Crippen LogP contribution in [0.15, 0.2) is 107 Å². The molecule has 0 spiro atoms. The van der Waals surface area contributed by atoms with Gasteiger partial charge in [-0.1, -0.05) is 72.3 Å². The van der Waals surface area contributed by atoms with Crippen LogP contribution in [-0.4, -0.2) is 11.8 Å². The third-order valence-electron chi connectivity index (χ3n) is 5.51. The number of amides is 2. The Morgan fingerprint density at radius 1 is 0.853 bits per heavy atom. The highest BCUT2D eigenvalue weighted by molar-refractivity contribution is 6.05. The Kier molecular flexibility index (Phi) is 7.04. The molecule has 0 aliphatic heterocycles. The maximum atomic E-state index is 13.5. The van der Waals surface area contributed by atoms with Gasteiger partial charge in [0.15, 0.2) is 0 Å². The molecule has 0 fully saturated rings. The molecule has 2 N–H and O–H groups in total. The summed E-state index contributed by atoms with van der Waals surface area (Å²) in [6.07, 6.45) is 3.05. The van der Waals surface area contributed by atoms with E-state index in [4.69, 9.17) is 4.42 Å². The van der Waals surface area contributed by atoms with Crippen molar-refractivity contribution in [2.24, 2.45) is 0 Å². The van der Waals surface area contributed by atoms with Gasteiger partial charge in [0.1, 0.15) is 11.5 Å². The second kappa shape index (κ2) is 10.5. The van der Waals surface area contributed by atoms with Gasteiger partial charge in [0.05, 0.1) is 12.3 Å². The zero-order chi connectivity index (χ0) is 23.9. The van der Waals surface area contributed by atoms with E-state index < -0.39 is 11.9 Å². The van der Waals surface area contributed by atoms with E-state index in [-0.39, 0.29) is 11.6 Å². The first-order valence-corrected chi connectivity index (χ1v) is 11.1. The predicted molar refractivity (Wildman–Crippen MR) is 133 cm³/mol. The van der Waals surface area contributed by atoms with Crippen LogP contribution in [0, 0.1) is 13.8 Å². The lowest BCUT2D eigenvalue weighted by atomic mass is 9.95. The van der Waals surface area contributed by atoms with Crippen molar-refractivity contribution in [3.63, 3.8) is 0 Å². The van der Waals surface area contributed by atoms with Gasteiger partial charge in [0, 0.05) is 11.6 Å². The van der Waals surface area contributed by atoms with Crippen LogP contribution in [-0.2, 0) is 4.79 Å². The summed E-state index contributed by atoms with van der Waals surface area (Å²) >= 11 is 0. The summed E-state index contributed by atoms with van der Waals surface area (Å²) in [5.41, 5.74) is 4.49. The topological polar surface area (TPSA) is 71.3 Å². The van der Waals surface area contributed by atoms with Crippen molar-refractivity contribution in [1.82, 2.24) is 10.6 Å². The van der Waals surface area contributed by atoms with E-state index in [9.17, 15) is 9.59 Å². The summed E-state index contributed by atoms with van der Waals surface area (Å²) in [4.78, 5) is 26.5. The second-order valence-corrected chi connectivity index (χ2v) is 8.07. The number of benzene rings is 3. The summed E-state index contributed by atoms with van der Waals surface area (Å²) < 4.78 is 5.41. The van der Waals surface area contributed by atoms with E-state index in [2.05, 4.69) is 10.6 Å². The molecule has 170 valence electrons. The molecule has 5 nitrogen and oxygen atoms in total. The molecule has 2 amide bonds. The molecule has 0 bridgehead atoms. The lowest BCUT2D eigenvalue weighted by Gasteiger charge is -2.22. The number of aryl methyl sites for hydroxylation is 2. The van der Waals surface area contributed by atoms with Gasteiger partial charge in [-0.15, -0.1) is 0 Å². The molecular formula is C29H26N2O3. The minimum absolute atomic E-state index is 0.0935. The van der Waals surface area contributed by atoms with Crippen LogP contribution >= 0.6 is 0 Å². The molecule has 0 unspecified atom stereocenters. The Hall–Kier alpha value is -4.38. The molecule has 1 aromatic heterocycles. The van der Waals surface area contributed by atoms with Gasteiger partial charge >= 0.3 is 0 Å². The van der Waals surface area contributed by atoms with Crippen molar-refractivity contribution in [1.29, 1.82) is 0 Å². The number of rotatable bonds is 7. The third kappa shape index (κ3) is 5.51. The van der Waals surface area contributed by atoms with E-state index in [1.807, 2.05) is 80.6 Å². The minimum Gasteiger partial charge on any atom is -0.465 e. The van der Waals surface area contributed by atoms with Gasteiger partial charge in [0.2, 0.25) is 0 Å². The maximum absolute atomic E-state index is 13.5. The molecule has 3 aromatic carbocycles. The molecule has 1 heterocycles. The van der Waals surface area contributed by atoms with Crippen molar-refractivity contribution in [2.75, 3.05) is 0 Å². The Labute approximate surface area is 199 Å². The number of hydrogen-bond acceptors (Lipinski definition) is 3. The van der Waals surface area contributed by atoms with Crippen LogP contribution < -0.4 is 10.6 Å². The van der Waals surface area contributed by atoms with Crippen LogP contribution in [0.4, 0.5) is 0 Å². The Bertz CT molecular complexity index is 1310. The van der Waals surface area contributed by atoms with Crippen molar-refractivity contribution < 1.29 is 14.0 Å². The van der Waals surface area contributed by atoms with Crippen LogP contribution in [0.2, 0.25) is 0 Å². The monoisotopic (exact) mass is 450 g/mol. The average Bonchev–Trinajstić information content (AvgIpc) is 3.36. The largest absolute Gasteiger partial charge is 0.465 e. The summed E-state index contributed by atoms with van der Waals surface area (Å²) in [7, 11) is 0. The van der Waals surface area contributed by atoms with E-state index in [0.29, 0.717) is 11.3 Å². The molecule has 0 radical (unpaired) electrons. The van der Waals surface area contributed by atoms with Gasteiger partial charge in [-0.25, -0.2) is 0 Å². The minimum atomic E-state index is -0.422. The fourth-order valence-corrected chi connectivity index (χ4v) is 3.76. The maximum Gasteiger partial charge on any atom is 0.268 e. The first-order valence-electron chi connectivity index (χ1n) is 11.1. The van der Waals surface area contributed by atoms with Crippen molar-refractivity contribution >= 4 is 17.9 Å². The summed E-state index contributed by atoms with van der Waals surface area (Å²) in [5, 5.41) is 5.88. The molecule has 5 heteroatoms. The van der Waals surface area contributed by atoms with Crippen LogP contribution in [0.25, 0.3) is 6.08 Å². The summed E-state index contributed by atoms with van der Waals surface area (Å²) in [5.74, 6) is -0.333. The average molecular weight is 451 g/mol. The molecule has 4 rings (SSSR count). The highest BCUT2D eigenvalue weighted by Gasteiger charge is 2.22. The van der Waals surface area contributed by atoms with Crippen LogP contribution in [0.3, 0.4) is 0 Å². The zero-order valence-electron chi connectivity index (χ0n) is 19.1. The number of nitrogens with one attached hydrogen (secondary N) is 2. The third-order valence-corrected chi connectivity index (χ3v) is 5.51. The lowest BCUT2D eigenvalue weighted by molar-refractivity contribution is -0.118. The van der Waals surface area contributed by atoms with Gasteiger partial charge in [-0.3, -0.25) is 9.59 Å². The first-order chi connectivity index (χ1) is 16.5. The second-order valence-electron chi connectivity index (χ2n) is 8.07. The highest BCUT2D eigenvalue weighted by atomic mass is 16.3. The van der Waals surface area contributed by atoms with E-state index in [1.54, 1.807) is 24.3 Å². The number of hydrogen-bond donors (Lipinski definition) is 2. The molecule has 1 atom stereocenters. The smallest absolute Gasteiger partial charge is 0.268 e. The number of carbonyl (C=O) groups is 2. The molecule has 0 saturated carbocycles. The standard InChI is InChI=1S/C29H26N2O3/c1-20-10-8-14-23(18-20)28(32)30-26(19-24-15-9-17-34-24)29(33)31-27(22-12-4-3-5-13-22)25-16-7-6-11-21(25)2/h3-19,27H,1-2H3,(H,30,32)(H,31,33)/b26-19-/t27-/m1/s1. The molecular weight excluding hydrogens is 424 g/mol.